The Kier molecular flexibility index (Phi) is 11.5. The first-order valence-electron chi connectivity index (χ1n) is 11.7. The van der Waals surface area contributed by atoms with Gasteiger partial charge in [0.05, 0.1) is 11.5 Å². The lowest BCUT2D eigenvalue weighted by Gasteiger charge is -2.18. The Labute approximate surface area is 223 Å². The minimum atomic E-state index is -5.44. The molecule has 2 aromatic rings. The number of halogens is 3. The molecular weight excluding hydrogens is 545 g/mol. The highest BCUT2D eigenvalue weighted by Gasteiger charge is 2.43. The van der Waals surface area contributed by atoms with E-state index in [0.717, 1.165) is 12.0 Å². The summed E-state index contributed by atoms with van der Waals surface area (Å²) in [6.07, 6.45) is -3.86. The lowest BCUT2D eigenvalue weighted by molar-refractivity contribution is -0.202. The number of nitrogens with two attached hydrogens (primary N) is 2. The van der Waals surface area contributed by atoms with Gasteiger partial charge in [0.15, 0.2) is 0 Å². The fourth-order valence-electron chi connectivity index (χ4n) is 3.16. The largest absolute Gasteiger partial charge is 0.493 e. The molecule has 0 spiro atoms. The molecule has 0 unspecified atom stereocenters. The molecule has 15 heteroatoms. The minimum Gasteiger partial charge on any atom is -0.493 e. The van der Waals surface area contributed by atoms with Crippen molar-refractivity contribution in [1.82, 2.24) is 4.72 Å². The molecule has 0 saturated heterocycles. The zero-order valence-corrected chi connectivity index (χ0v) is 21.8. The highest BCUT2D eigenvalue weighted by atomic mass is 32.2. The molecule has 0 aliphatic carbocycles. The van der Waals surface area contributed by atoms with E-state index >= 15 is 0 Å². The molecule has 11 nitrogen and oxygen atoms in total. The van der Waals surface area contributed by atoms with Crippen LogP contribution in [0.1, 0.15) is 30.9 Å². The topological polar surface area (TPSA) is 172 Å². The van der Waals surface area contributed by atoms with Crippen LogP contribution in [0, 0.1) is 0 Å². The van der Waals surface area contributed by atoms with Gasteiger partial charge in [-0.25, -0.2) is 18.0 Å². The van der Waals surface area contributed by atoms with Gasteiger partial charge in [0.1, 0.15) is 18.4 Å². The number of ether oxygens (including phenoxy) is 2. The molecule has 0 aliphatic heterocycles. The summed E-state index contributed by atoms with van der Waals surface area (Å²) in [5.41, 5.74) is 11.5. The lowest BCUT2D eigenvalue weighted by atomic mass is 10.1. The Hall–Kier alpha value is -3.85. The monoisotopic (exact) mass is 574 g/mol. The second-order valence-corrected chi connectivity index (χ2v) is 9.89. The number of aryl methyl sites for hydroxylation is 1. The van der Waals surface area contributed by atoms with Gasteiger partial charge in [0, 0.05) is 6.42 Å². The number of esters is 2. The van der Waals surface area contributed by atoms with E-state index in [4.69, 9.17) is 21.0 Å². The van der Waals surface area contributed by atoms with Gasteiger partial charge in [-0.2, -0.15) is 17.9 Å². The van der Waals surface area contributed by atoms with Gasteiger partial charge in [-0.1, -0.05) is 37.6 Å². The molecule has 214 valence electrons. The zero-order chi connectivity index (χ0) is 29.1. The van der Waals surface area contributed by atoms with Gasteiger partial charge in [-0.3, -0.25) is 0 Å². The van der Waals surface area contributed by atoms with Crippen LogP contribution in [0.25, 0.3) is 0 Å². The summed E-state index contributed by atoms with van der Waals surface area (Å²) in [7, 11) is -4.37. The first-order chi connectivity index (χ1) is 18.3. The van der Waals surface area contributed by atoms with Crippen molar-refractivity contribution in [3.63, 3.8) is 0 Å². The van der Waals surface area contributed by atoms with Gasteiger partial charge < -0.3 is 25.8 Å². The van der Waals surface area contributed by atoms with E-state index in [1.807, 2.05) is 11.6 Å². The van der Waals surface area contributed by atoms with Gasteiger partial charge in [0.25, 0.3) is 0 Å². The average molecular weight is 575 g/mol. The van der Waals surface area contributed by atoms with Gasteiger partial charge in [0.2, 0.25) is 16.0 Å². The van der Waals surface area contributed by atoms with Crippen LogP contribution in [0.5, 0.6) is 5.75 Å². The van der Waals surface area contributed by atoms with Crippen LogP contribution in [0.3, 0.4) is 0 Å². The third-order valence-electron chi connectivity index (χ3n) is 4.96. The van der Waals surface area contributed by atoms with Gasteiger partial charge in [-0.05, 0) is 53.4 Å². The predicted molar refractivity (Wildman–Crippen MR) is 134 cm³/mol. The third kappa shape index (κ3) is 10.8. The maximum atomic E-state index is 12.9. The molecule has 0 bridgehead atoms. The summed E-state index contributed by atoms with van der Waals surface area (Å²) < 4.78 is 75.2. The van der Waals surface area contributed by atoms with E-state index in [2.05, 4.69) is 9.89 Å². The molecule has 2 aromatic carbocycles. The average Bonchev–Trinajstić information content (AvgIpc) is 2.86. The van der Waals surface area contributed by atoms with Crippen molar-refractivity contribution in [3.8, 4) is 5.75 Å². The molecule has 0 aromatic heterocycles. The van der Waals surface area contributed by atoms with E-state index in [9.17, 15) is 31.2 Å². The van der Waals surface area contributed by atoms with E-state index in [0.29, 0.717) is 24.2 Å². The van der Waals surface area contributed by atoms with Crippen LogP contribution in [0.2, 0.25) is 0 Å². The number of nitrogens with one attached hydrogen (secondary N) is 1. The molecule has 0 fully saturated rings. The number of alkyl halides is 3. The Morgan fingerprint density at radius 1 is 1.00 bits per heavy atom. The van der Waals surface area contributed by atoms with Crippen molar-refractivity contribution in [3.05, 3.63) is 59.7 Å². The van der Waals surface area contributed by atoms with Crippen LogP contribution >= 0.6 is 0 Å². The molecule has 0 heterocycles. The molecular formula is C24H29F3N4O7S. The summed E-state index contributed by atoms with van der Waals surface area (Å²) >= 11 is 0. The van der Waals surface area contributed by atoms with Crippen LogP contribution in [-0.2, 0) is 42.0 Å². The molecule has 39 heavy (non-hydrogen) atoms. The fourth-order valence-corrected chi connectivity index (χ4v) is 4.35. The van der Waals surface area contributed by atoms with E-state index in [-0.39, 0.29) is 24.1 Å². The van der Waals surface area contributed by atoms with Crippen LogP contribution in [-0.4, -0.2) is 51.7 Å². The Morgan fingerprint density at radius 3 is 2.18 bits per heavy atom. The summed E-state index contributed by atoms with van der Waals surface area (Å²) in [5, 5.41) is 3.36. The van der Waals surface area contributed by atoms with Crippen molar-refractivity contribution >= 4 is 27.9 Å². The van der Waals surface area contributed by atoms with Crippen molar-refractivity contribution in [2.24, 2.45) is 16.6 Å². The third-order valence-corrected chi connectivity index (χ3v) is 6.45. The molecule has 2 rings (SSSR count). The van der Waals surface area contributed by atoms with E-state index in [1.165, 1.54) is 36.4 Å². The number of hydrogen-bond acceptors (Lipinski definition) is 8. The number of hydrogen-bond donors (Lipinski definition) is 3. The SMILES string of the molecule is CCCc1ccc(S(=O)(=O)N[C@@H](Cc2ccc(OCCCON=C(N)N)cc2)C(=O)OC(=O)C(F)(F)F)cc1. The van der Waals surface area contributed by atoms with Gasteiger partial charge in [-0.15, -0.1) is 0 Å². The van der Waals surface area contributed by atoms with Crippen molar-refractivity contribution < 1.29 is 45.5 Å². The minimum absolute atomic E-state index is 0.192. The highest BCUT2D eigenvalue weighted by molar-refractivity contribution is 7.89. The normalized spacial score (nSPS) is 12.3. The maximum Gasteiger partial charge on any atom is 0.491 e. The number of benzene rings is 2. The summed E-state index contributed by atoms with van der Waals surface area (Å²) in [5.74, 6) is -4.26. The van der Waals surface area contributed by atoms with Crippen LogP contribution in [0.15, 0.2) is 58.6 Å². The maximum absolute atomic E-state index is 12.9. The molecule has 0 radical (unpaired) electrons. The van der Waals surface area contributed by atoms with E-state index < -0.39 is 40.6 Å². The number of sulfonamides is 1. The van der Waals surface area contributed by atoms with Crippen molar-refractivity contribution in [2.45, 2.75) is 49.7 Å². The number of oxime groups is 1. The predicted octanol–water partition coefficient (Wildman–Crippen LogP) is 2.13. The first-order valence-corrected chi connectivity index (χ1v) is 13.2. The number of rotatable bonds is 14. The quantitative estimate of drug-likeness (QED) is 0.0763. The van der Waals surface area contributed by atoms with E-state index in [1.54, 1.807) is 12.1 Å². The zero-order valence-electron chi connectivity index (χ0n) is 20.9. The summed E-state index contributed by atoms with van der Waals surface area (Å²) in [4.78, 5) is 28.3. The second-order valence-electron chi connectivity index (χ2n) is 8.17. The second kappa shape index (κ2) is 14.3. The van der Waals surface area contributed by atoms with Crippen LogP contribution < -0.4 is 20.9 Å². The van der Waals surface area contributed by atoms with Crippen molar-refractivity contribution in [1.29, 1.82) is 0 Å². The first kappa shape index (κ1) is 31.4. The van der Waals surface area contributed by atoms with Crippen molar-refractivity contribution in [2.75, 3.05) is 13.2 Å². The Morgan fingerprint density at radius 2 is 1.62 bits per heavy atom. The summed E-state index contributed by atoms with van der Waals surface area (Å²) in [6.45, 7) is 2.39. The molecule has 0 saturated carbocycles. The smallest absolute Gasteiger partial charge is 0.491 e. The summed E-state index contributed by atoms with van der Waals surface area (Å²) in [6, 6.07) is 9.93. The fraction of sp³-hybridized carbons (Fsp3) is 0.375. The lowest BCUT2D eigenvalue weighted by Crippen LogP contribution is -2.45. The van der Waals surface area contributed by atoms with Gasteiger partial charge >= 0.3 is 18.1 Å². The number of nitrogens with zero attached hydrogens (tertiary/aromatic N) is 1. The number of carbonyl (C=O) groups is 2. The Balaban J connectivity index is 2.13. The number of guanidine groups is 1. The highest BCUT2D eigenvalue weighted by Crippen LogP contribution is 2.20. The molecule has 0 aliphatic rings. The molecule has 0 amide bonds. The molecule has 1 atom stereocenters. The van der Waals surface area contributed by atoms with Crippen LogP contribution in [0.4, 0.5) is 13.2 Å². The Bertz CT molecular complexity index is 1230. The number of carbonyl (C=O) groups excluding carboxylic acids is 2. The standard InChI is InChI=1S/C24H29F3N4O7S/c1-2-4-16-7-11-19(12-8-16)39(34,35)31-20(21(32)38-22(33)24(25,26)27)15-17-5-9-18(10-6-17)36-13-3-14-37-30-23(28)29/h5-12,20,31H,2-4,13-15H2,1H3,(H4,28,29,30)/t20-/m0/s1. The molecule has 5 N–H and O–H groups in total.